The molecule has 2 fully saturated rings. The molecule has 0 aromatic rings. The predicted octanol–water partition coefficient (Wildman–Crippen LogP) is 0.618. The van der Waals surface area contributed by atoms with Crippen molar-refractivity contribution in [1.29, 1.82) is 0 Å². The number of rotatable bonds is 1. The van der Waals surface area contributed by atoms with Gasteiger partial charge >= 0.3 is 6.16 Å². The van der Waals surface area contributed by atoms with Gasteiger partial charge in [0.25, 0.3) is 0 Å². The molecule has 0 heterocycles. The van der Waals surface area contributed by atoms with Crippen LogP contribution in [0.4, 0.5) is 4.79 Å². The molecule has 3 unspecified atom stereocenters. The van der Waals surface area contributed by atoms with Crippen LogP contribution in [0.25, 0.3) is 0 Å². The highest BCUT2D eigenvalue weighted by Crippen LogP contribution is 2.41. The van der Waals surface area contributed by atoms with E-state index in [4.69, 9.17) is 5.11 Å². The normalized spacial score (nSPS) is 35.9. The molecule has 0 radical (unpaired) electrons. The van der Waals surface area contributed by atoms with E-state index in [2.05, 4.69) is 4.74 Å². The number of hydrogen-bond acceptors (Lipinski definition) is 4. The molecule has 0 bridgehead atoms. The molecule has 1 N–H and O–H groups in total. The predicted molar refractivity (Wildman–Crippen MR) is 43.7 cm³/mol. The van der Waals surface area contributed by atoms with Crippen LogP contribution in [0.5, 0.6) is 0 Å². The van der Waals surface area contributed by atoms with E-state index in [-0.39, 0.29) is 36.2 Å². The Balaban J connectivity index is 2.12. The van der Waals surface area contributed by atoms with E-state index in [0.717, 1.165) is 0 Å². The molecule has 2 aliphatic rings. The highest BCUT2D eigenvalue weighted by molar-refractivity contribution is 5.92. The largest absolute Gasteiger partial charge is 0.506 e. The minimum atomic E-state index is -1.44. The smallest absolute Gasteiger partial charge is 0.450 e. The maximum absolute atomic E-state index is 11.3. The number of fused-ring (bicyclic) bond motifs is 1. The van der Waals surface area contributed by atoms with Gasteiger partial charge in [-0.15, -0.1) is 0 Å². The summed E-state index contributed by atoms with van der Waals surface area (Å²) in [6.07, 6.45) is -1.37. The van der Waals surface area contributed by atoms with Gasteiger partial charge in [0.2, 0.25) is 0 Å². The topological polar surface area (TPSA) is 80.7 Å². The third-order valence-corrected chi connectivity index (χ3v) is 2.96. The molecule has 0 spiro atoms. The van der Waals surface area contributed by atoms with Crippen molar-refractivity contribution in [2.45, 2.75) is 25.4 Å². The quantitative estimate of drug-likeness (QED) is 0.624. The lowest BCUT2D eigenvalue weighted by molar-refractivity contribution is -0.127. The Labute approximate surface area is 80.0 Å². The maximum atomic E-state index is 11.3. The van der Waals surface area contributed by atoms with Crippen molar-refractivity contribution >= 4 is 17.7 Å². The van der Waals surface area contributed by atoms with E-state index in [9.17, 15) is 14.4 Å². The van der Waals surface area contributed by atoms with E-state index in [1.165, 1.54) is 0 Å². The summed E-state index contributed by atoms with van der Waals surface area (Å²) in [5, 5.41) is 8.42. The lowest BCUT2D eigenvalue weighted by atomic mass is 9.99. The average Bonchev–Trinajstić information content (AvgIpc) is 2.51. The Bertz CT molecular complexity index is 308. The first-order chi connectivity index (χ1) is 6.58. The number of hydrogen-bond donors (Lipinski definition) is 1. The zero-order valence-electron chi connectivity index (χ0n) is 7.43. The van der Waals surface area contributed by atoms with Crippen LogP contribution in [0, 0.1) is 11.8 Å². The lowest BCUT2D eigenvalue weighted by Crippen LogP contribution is -2.28. The summed E-state index contributed by atoms with van der Waals surface area (Å²) in [5.41, 5.74) is 0. The van der Waals surface area contributed by atoms with Crippen molar-refractivity contribution in [3.63, 3.8) is 0 Å². The molecule has 76 valence electrons. The van der Waals surface area contributed by atoms with Gasteiger partial charge in [0.15, 0.2) is 11.9 Å². The summed E-state index contributed by atoms with van der Waals surface area (Å²) in [5.74, 6) is -0.271. The van der Waals surface area contributed by atoms with E-state index in [1.807, 2.05) is 0 Å². The molecule has 0 saturated heterocycles. The van der Waals surface area contributed by atoms with Crippen molar-refractivity contribution < 1.29 is 24.2 Å². The Hall–Kier alpha value is -1.39. The molecule has 0 aliphatic heterocycles. The first-order valence-corrected chi connectivity index (χ1v) is 4.52. The number of carbonyl (C=O) groups is 3. The molecular weight excluding hydrogens is 188 g/mol. The van der Waals surface area contributed by atoms with Gasteiger partial charge in [0, 0.05) is 25.2 Å². The van der Waals surface area contributed by atoms with Crippen LogP contribution in [0.2, 0.25) is 0 Å². The molecule has 2 saturated carbocycles. The van der Waals surface area contributed by atoms with Gasteiger partial charge in [-0.1, -0.05) is 0 Å². The Morgan fingerprint density at radius 1 is 1.29 bits per heavy atom. The molecule has 0 aromatic carbocycles. The van der Waals surface area contributed by atoms with E-state index in [0.29, 0.717) is 6.42 Å². The maximum Gasteiger partial charge on any atom is 0.506 e. The molecule has 5 heteroatoms. The van der Waals surface area contributed by atoms with Crippen LogP contribution < -0.4 is 0 Å². The van der Waals surface area contributed by atoms with Gasteiger partial charge in [-0.25, -0.2) is 4.79 Å². The standard InChI is InChI=1S/C9H10O5/c10-5-1-4-2-7(11)8(6(4)3-5)14-9(12)13/h4,6,8H,1-3H2,(H,12,13). The molecule has 2 rings (SSSR count). The van der Waals surface area contributed by atoms with Gasteiger partial charge in [0.1, 0.15) is 5.78 Å². The first-order valence-electron chi connectivity index (χ1n) is 4.52. The lowest BCUT2D eigenvalue weighted by Gasteiger charge is -2.14. The minimum Gasteiger partial charge on any atom is -0.450 e. The second-order valence-corrected chi connectivity index (χ2v) is 3.85. The zero-order chi connectivity index (χ0) is 10.3. The van der Waals surface area contributed by atoms with E-state index in [1.54, 1.807) is 0 Å². The molecular formula is C9H10O5. The number of carboxylic acid groups (broad SMARTS) is 1. The number of ketones is 2. The van der Waals surface area contributed by atoms with Gasteiger partial charge in [-0.05, 0) is 5.92 Å². The number of carbonyl (C=O) groups excluding carboxylic acids is 2. The van der Waals surface area contributed by atoms with Gasteiger partial charge in [-0.3, -0.25) is 9.59 Å². The summed E-state index contributed by atoms with van der Waals surface area (Å²) in [6, 6.07) is 0. The van der Waals surface area contributed by atoms with Crippen molar-refractivity contribution in [2.24, 2.45) is 11.8 Å². The van der Waals surface area contributed by atoms with Crippen molar-refractivity contribution in [2.75, 3.05) is 0 Å². The Morgan fingerprint density at radius 2 is 2.00 bits per heavy atom. The Morgan fingerprint density at radius 3 is 2.64 bits per heavy atom. The van der Waals surface area contributed by atoms with Crippen LogP contribution in [0.15, 0.2) is 0 Å². The number of Topliss-reactive ketones (excluding diaryl/α,β-unsaturated/α-hetero) is 2. The minimum absolute atomic E-state index is 0.0133. The van der Waals surface area contributed by atoms with E-state index < -0.39 is 12.3 Å². The van der Waals surface area contributed by atoms with Gasteiger partial charge < -0.3 is 9.84 Å². The summed E-state index contributed by atoms with van der Waals surface area (Å²) in [4.78, 5) is 32.7. The van der Waals surface area contributed by atoms with Crippen molar-refractivity contribution in [3.05, 3.63) is 0 Å². The fraction of sp³-hybridized carbons (Fsp3) is 0.667. The molecule has 2 aliphatic carbocycles. The van der Waals surface area contributed by atoms with Crippen LogP contribution in [-0.4, -0.2) is 28.9 Å². The van der Waals surface area contributed by atoms with Crippen LogP contribution in [-0.2, 0) is 14.3 Å². The highest BCUT2D eigenvalue weighted by atomic mass is 16.7. The van der Waals surface area contributed by atoms with Crippen molar-refractivity contribution in [1.82, 2.24) is 0 Å². The summed E-state index contributed by atoms with van der Waals surface area (Å²) < 4.78 is 4.50. The second kappa shape index (κ2) is 3.08. The average molecular weight is 198 g/mol. The van der Waals surface area contributed by atoms with Gasteiger partial charge in [-0.2, -0.15) is 0 Å². The summed E-state index contributed by atoms with van der Waals surface area (Å²) >= 11 is 0. The zero-order valence-corrected chi connectivity index (χ0v) is 7.43. The van der Waals surface area contributed by atoms with E-state index >= 15 is 0 Å². The Kier molecular flexibility index (Phi) is 2.02. The SMILES string of the molecule is O=C1CC2CC(=O)C(OC(=O)O)C2C1. The third-order valence-electron chi connectivity index (χ3n) is 2.96. The number of ether oxygens (including phenoxy) is 1. The highest BCUT2D eigenvalue weighted by Gasteiger charge is 2.49. The molecule has 0 amide bonds. The summed E-state index contributed by atoms with van der Waals surface area (Å²) in [7, 11) is 0. The molecule has 0 aromatic heterocycles. The van der Waals surface area contributed by atoms with Gasteiger partial charge in [0.05, 0.1) is 0 Å². The fourth-order valence-electron chi connectivity index (χ4n) is 2.41. The third kappa shape index (κ3) is 1.38. The fourth-order valence-corrected chi connectivity index (χ4v) is 2.41. The van der Waals surface area contributed by atoms with Crippen molar-refractivity contribution in [3.8, 4) is 0 Å². The second-order valence-electron chi connectivity index (χ2n) is 3.85. The molecule has 14 heavy (non-hydrogen) atoms. The van der Waals surface area contributed by atoms with Crippen LogP contribution in [0.1, 0.15) is 19.3 Å². The van der Waals surface area contributed by atoms with Crippen LogP contribution >= 0.6 is 0 Å². The monoisotopic (exact) mass is 198 g/mol. The van der Waals surface area contributed by atoms with Crippen LogP contribution in [0.3, 0.4) is 0 Å². The molecule has 5 nitrogen and oxygen atoms in total. The first kappa shape index (κ1) is 9.18. The summed E-state index contributed by atoms with van der Waals surface area (Å²) in [6.45, 7) is 0. The molecule has 3 atom stereocenters.